The van der Waals surface area contributed by atoms with Gasteiger partial charge >= 0.3 is 6.01 Å². The quantitative estimate of drug-likeness (QED) is 0.239. The molecule has 154 valence electrons. The molecule has 0 radical (unpaired) electrons. The molecule has 3 aromatic rings. The molecule has 1 aromatic heterocycles. The smallest absolute Gasteiger partial charge is 0.322 e. The summed E-state index contributed by atoms with van der Waals surface area (Å²) in [5, 5.41) is 15.1. The van der Waals surface area contributed by atoms with Crippen LogP contribution in [0.4, 0.5) is 11.7 Å². The summed E-state index contributed by atoms with van der Waals surface area (Å²) in [6.45, 7) is 1.57. The minimum absolute atomic E-state index is 0.0524. The van der Waals surface area contributed by atoms with Crippen LogP contribution in [0.2, 0.25) is 0 Å². The number of amidine groups is 1. The first-order valence-corrected chi connectivity index (χ1v) is 9.04. The maximum Gasteiger partial charge on any atom is 0.322 e. The molecule has 3 rings (SSSR count). The van der Waals surface area contributed by atoms with Crippen molar-refractivity contribution in [1.82, 2.24) is 10.2 Å². The highest BCUT2D eigenvalue weighted by Crippen LogP contribution is 2.18. The monoisotopic (exact) mass is 409 g/mol. The summed E-state index contributed by atoms with van der Waals surface area (Å²) in [6.07, 6.45) is -0.125. The first-order valence-electron chi connectivity index (χ1n) is 9.04. The van der Waals surface area contributed by atoms with Gasteiger partial charge in [0.25, 0.3) is 11.7 Å². The van der Waals surface area contributed by atoms with E-state index in [1.807, 2.05) is 37.3 Å². The standard InChI is InChI=1S/C20H20N6O4/c1-13-7-9-15(10-8-13)22-17(27)11-16(21)26-29-12-18(28)23-20-25-24-19(30-20)14-5-3-2-4-6-14/h2-10H,11-12H2,1H3,(H2,21,26)(H,22,27)(H,23,25,28)/p+1. The fourth-order valence-electron chi connectivity index (χ4n) is 2.37. The Bertz CT molecular complexity index is 1030. The van der Waals surface area contributed by atoms with E-state index < -0.39 is 5.91 Å². The van der Waals surface area contributed by atoms with E-state index in [4.69, 9.17) is 15.0 Å². The van der Waals surface area contributed by atoms with E-state index in [1.165, 1.54) is 0 Å². The molecule has 0 saturated carbocycles. The number of nitrogens with one attached hydrogen (secondary N) is 3. The van der Waals surface area contributed by atoms with Gasteiger partial charge in [-0.2, -0.15) is 0 Å². The molecule has 10 heteroatoms. The zero-order chi connectivity index (χ0) is 21.3. The normalized spacial score (nSPS) is 11.0. The highest BCUT2D eigenvalue weighted by atomic mass is 16.6. The number of nitrogens with two attached hydrogens (primary N) is 1. The SMILES string of the molecule is Cc1ccc(NC(=O)CC(N)=[NH+]OCC(=O)Nc2nnc(-c3ccccc3)o2)cc1. The third-order valence-electron chi connectivity index (χ3n) is 3.78. The second kappa shape index (κ2) is 9.82. The average Bonchev–Trinajstić information content (AvgIpc) is 3.18. The molecule has 0 fully saturated rings. The lowest BCUT2D eigenvalue weighted by molar-refractivity contribution is -0.750. The number of nitrogens with zero attached hydrogens (tertiary/aromatic N) is 2. The number of carbonyl (C=O) groups excluding carboxylic acids is 2. The van der Waals surface area contributed by atoms with Crippen molar-refractivity contribution in [3.63, 3.8) is 0 Å². The minimum Gasteiger partial charge on any atom is -0.403 e. The summed E-state index contributed by atoms with van der Waals surface area (Å²) in [6, 6.07) is 16.4. The second-order valence-corrected chi connectivity index (χ2v) is 6.33. The number of hydrogen-bond acceptors (Lipinski definition) is 6. The third kappa shape index (κ3) is 6.16. The van der Waals surface area contributed by atoms with Crippen LogP contribution in [-0.2, 0) is 14.4 Å². The molecule has 10 nitrogen and oxygen atoms in total. The Morgan fingerprint density at radius 3 is 2.50 bits per heavy atom. The number of carbonyl (C=O) groups is 2. The van der Waals surface area contributed by atoms with Crippen LogP contribution >= 0.6 is 0 Å². The van der Waals surface area contributed by atoms with Gasteiger partial charge < -0.3 is 14.6 Å². The Balaban J connectivity index is 1.42. The predicted octanol–water partition coefficient (Wildman–Crippen LogP) is 0.382. The zero-order valence-electron chi connectivity index (χ0n) is 16.2. The Morgan fingerprint density at radius 1 is 1.03 bits per heavy atom. The maximum atomic E-state index is 12.0. The Hall–Kier alpha value is -4.21. The lowest BCUT2D eigenvalue weighted by Gasteiger charge is -2.03. The van der Waals surface area contributed by atoms with Gasteiger partial charge in [0, 0.05) is 11.3 Å². The first kappa shape index (κ1) is 20.5. The van der Waals surface area contributed by atoms with E-state index >= 15 is 0 Å². The molecule has 0 bridgehead atoms. The summed E-state index contributed by atoms with van der Waals surface area (Å²) in [5.74, 6) is -0.530. The van der Waals surface area contributed by atoms with Gasteiger partial charge in [-0.25, -0.2) is 0 Å². The Morgan fingerprint density at radius 2 is 1.77 bits per heavy atom. The molecule has 0 aliphatic carbocycles. The van der Waals surface area contributed by atoms with Gasteiger partial charge in [0.15, 0.2) is 0 Å². The molecule has 0 aliphatic heterocycles. The van der Waals surface area contributed by atoms with Crippen LogP contribution in [0.15, 0.2) is 59.0 Å². The molecular weight excluding hydrogens is 388 g/mol. The predicted molar refractivity (Wildman–Crippen MR) is 109 cm³/mol. The molecule has 0 spiro atoms. The van der Waals surface area contributed by atoms with Gasteiger partial charge in [-0.3, -0.25) is 20.6 Å². The molecule has 2 aromatic carbocycles. The molecule has 0 unspecified atom stereocenters. The van der Waals surface area contributed by atoms with E-state index in [9.17, 15) is 9.59 Å². The van der Waals surface area contributed by atoms with E-state index in [1.54, 1.807) is 24.3 Å². The third-order valence-corrected chi connectivity index (χ3v) is 3.78. The number of aromatic nitrogens is 2. The first-order chi connectivity index (χ1) is 14.5. The largest absolute Gasteiger partial charge is 0.403 e. The lowest BCUT2D eigenvalue weighted by Crippen LogP contribution is -2.75. The number of anilines is 2. The van der Waals surface area contributed by atoms with Gasteiger partial charge in [0.05, 0.1) is 0 Å². The van der Waals surface area contributed by atoms with Crippen molar-refractivity contribution in [1.29, 1.82) is 0 Å². The number of benzene rings is 2. The molecular formula is C20H21N6O4+. The average molecular weight is 409 g/mol. The lowest BCUT2D eigenvalue weighted by atomic mass is 10.2. The van der Waals surface area contributed by atoms with E-state index in [-0.39, 0.29) is 36.7 Å². The summed E-state index contributed by atoms with van der Waals surface area (Å²) in [4.78, 5) is 28.8. The van der Waals surface area contributed by atoms with Crippen LogP contribution in [0.25, 0.3) is 11.5 Å². The summed E-state index contributed by atoms with van der Waals surface area (Å²) in [7, 11) is 0. The van der Waals surface area contributed by atoms with Gasteiger partial charge in [-0.15, -0.1) is 5.10 Å². The minimum atomic E-state index is -0.539. The Labute approximate surface area is 172 Å². The summed E-state index contributed by atoms with van der Waals surface area (Å²) >= 11 is 0. The van der Waals surface area contributed by atoms with Crippen LogP contribution in [-0.4, -0.2) is 34.5 Å². The van der Waals surface area contributed by atoms with Crippen molar-refractivity contribution in [2.75, 3.05) is 17.2 Å². The maximum absolute atomic E-state index is 12.0. The Kier molecular flexibility index (Phi) is 6.72. The van der Waals surface area contributed by atoms with Crippen molar-refractivity contribution in [3.05, 3.63) is 60.2 Å². The zero-order valence-corrected chi connectivity index (χ0v) is 16.2. The number of hydrogen-bond donors (Lipinski definition) is 4. The van der Waals surface area contributed by atoms with Gasteiger partial charge in [0.2, 0.25) is 18.4 Å². The van der Waals surface area contributed by atoms with Gasteiger partial charge in [-0.1, -0.05) is 46.1 Å². The molecule has 0 atom stereocenters. The number of rotatable bonds is 8. The van der Waals surface area contributed by atoms with Crippen molar-refractivity contribution < 1.29 is 24.0 Å². The van der Waals surface area contributed by atoms with Gasteiger partial charge in [-0.05, 0) is 31.2 Å². The van der Waals surface area contributed by atoms with Crippen LogP contribution in [0, 0.1) is 6.92 Å². The van der Waals surface area contributed by atoms with E-state index in [2.05, 4.69) is 26.0 Å². The molecule has 5 N–H and O–H groups in total. The summed E-state index contributed by atoms with van der Waals surface area (Å²) in [5.41, 5.74) is 8.18. The molecule has 2 amide bonds. The van der Waals surface area contributed by atoms with Gasteiger partial charge in [0.1, 0.15) is 6.42 Å². The highest BCUT2D eigenvalue weighted by Gasteiger charge is 2.13. The molecule has 1 heterocycles. The number of amides is 2. The van der Waals surface area contributed by atoms with E-state index in [0.717, 1.165) is 11.1 Å². The molecule has 0 saturated heterocycles. The van der Waals surface area contributed by atoms with Crippen molar-refractivity contribution in [2.45, 2.75) is 13.3 Å². The second-order valence-electron chi connectivity index (χ2n) is 6.33. The van der Waals surface area contributed by atoms with Crippen LogP contribution in [0.5, 0.6) is 0 Å². The fourth-order valence-corrected chi connectivity index (χ4v) is 2.37. The fraction of sp³-hybridized carbons (Fsp3) is 0.150. The van der Waals surface area contributed by atoms with Crippen LogP contribution in [0.3, 0.4) is 0 Å². The van der Waals surface area contributed by atoms with Crippen molar-refractivity contribution in [3.8, 4) is 11.5 Å². The highest BCUT2D eigenvalue weighted by molar-refractivity contribution is 6.03. The van der Waals surface area contributed by atoms with Crippen molar-refractivity contribution in [2.24, 2.45) is 5.73 Å². The topological polar surface area (TPSA) is 146 Å². The molecule has 30 heavy (non-hydrogen) atoms. The number of aryl methyl sites for hydroxylation is 1. The molecule has 0 aliphatic rings. The van der Waals surface area contributed by atoms with Crippen LogP contribution in [0.1, 0.15) is 12.0 Å². The van der Waals surface area contributed by atoms with Crippen molar-refractivity contribution >= 4 is 29.4 Å². The summed E-state index contributed by atoms with van der Waals surface area (Å²) < 4.78 is 5.37. The van der Waals surface area contributed by atoms with E-state index in [0.29, 0.717) is 5.69 Å². The van der Waals surface area contributed by atoms with Crippen LogP contribution < -0.4 is 21.5 Å².